The summed E-state index contributed by atoms with van der Waals surface area (Å²) in [5.74, 6) is -1.06. The largest absolute Gasteiger partial charge is 0.481 e. The zero-order valence-electron chi connectivity index (χ0n) is 11.6. The molecule has 1 N–H and O–H groups in total. The number of hydrogen-bond donors (Lipinski definition) is 1. The third-order valence-electron chi connectivity index (χ3n) is 3.44. The van der Waals surface area contributed by atoms with E-state index in [4.69, 9.17) is 0 Å². The molecule has 0 aliphatic carbocycles. The van der Waals surface area contributed by atoms with E-state index in [1.807, 2.05) is 37.3 Å². The minimum atomic E-state index is -0.722. The second kappa shape index (κ2) is 6.85. The molecule has 3 nitrogen and oxygen atoms in total. The Kier molecular flexibility index (Phi) is 4.88. The first-order valence-corrected chi connectivity index (χ1v) is 6.82. The first kappa shape index (κ1) is 14.3. The number of aromatic nitrogens is 1. The SMILES string of the molecule is Cc1cccc(CC(CCc2ccncc2)C(=O)O)c1. The van der Waals surface area contributed by atoms with Crippen LogP contribution in [0.1, 0.15) is 23.1 Å². The molecule has 1 aromatic carbocycles. The van der Waals surface area contributed by atoms with Gasteiger partial charge in [-0.15, -0.1) is 0 Å². The molecule has 1 heterocycles. The molecule has 0 spiro atoms. The number of hydrogen-bond acceptors (Lipinski definition) is 2. The van der Waals surface area contributed by atoms with E-state index in [9.17, 15) is 9.90 Å². The summed E-state index contributed by atoms with van der Waals surface area (Å²) in [6.45, 7) is 2.02. The molecular formula is C17H19NO2. The fourth-order valence-electron chi connectivity index (χ4n) is 2.33. The van der Waals surface area contributed by atoms with Gasteiger partial charge in [-0.1, -0.05) is 29.8 Å². The van der Waals surface area contributed by atoms with Gasteiger partial charge in [-0.3, -0.25) is 9.78 Å². The van der Waals surface area contributed by atoms with E-state index in [2.05, 4.69) is 11.1 Å². The van der Waals surface area contributed by atoms with Gasteiger partial charge < -0.3 is 5.11 Å². The van der Waals surface area contributed by atoms with Gasteiger partial charge in [0.2, 0.25) is 0 Å². The van der Waals surface area contributed by atoms with E-state index in [0.717, 1.165) is 17.5 Å². The van der Waals surface area contributed by atoms with E-state index in [1.165, 1.54) is 5.56 Å². The number of aliphatic carboxylic acids is 1. The molecule has 1 unspecified atom stereocenters. The summed E-state index contributed by atoms with van der Waals surface area (Å²) in [4.78, 5) is 15.4. The lowest BCUT2D eigenvalue weighted by molar-refractivity contribution is -0.141. The lowest BCUT2D eigenvalue weighted by atomic mass is 9.92. The lowest BCUT2D eigenvalue weighted by Crippen LogP contribution is -2.17. The average Bonchev–Trinajstić information content (AvgIpc) is 2.44. The number of aryl methyl sites for hydroxylation is 2. The van der Waals surface area contributed by atoms with E-state index < -0.39 is 5.97 Å². The van der Waals surface area contributed by atoms with Crippen LogP contribution < -0.4 is 0 Å². The Morgan fingerprint density at radius 1 is 1.20 bits per heavy atom. The zero-order chi connectivity index (χ0) is 14.4. The highest BCUT2D eigenvalue weighted by Gasteiger charge is 2.17. The highest BCUT2D eigenvalue weighted by atomic mass is 16.4. The number of rotatable bonds is 6. The van der Waals surface area contributed by atoms with Crippen molar-refractivity contribution in [3.05, 3.63) is 65.5 Å². The monoisotopic (exact) mass is 269 g/mol. The first-order chi connectivity index (χ1) is 9.65. The van der Waals surface area contributed by atoms with Crippen molar-refractivity contribution in [1.29, 1.82) is 0 Å². The van der Waals surface area contributed by atoms with Crippen LogP contribution >= 0.6 is 0 Å². The molecule has 0 saturated heterocycles. The Balaban J connectivity index is 1.99. The van der Waals surface area contributed by atoms with Gasteiger partial charge in [-0.05, 0) is 49.4 Å². The molecule has 1 aromatic heterocycles. The van der Waals surface area contributed by atoms with Gasteiger partial charge in [0.25, 0.3) is 0 Å². The fourth-order valence-corrected chi connectivity index (χ4v) is 2.33. The quantitative estimate of drug-likeness (QED) is 0.875. The topological polar surface area (TPSA) is 50.2 Å². The van der Waals surface area contributed by atoms with Crippen LogP contribution in [0, 0.1) is 12.8 Å². The number of pyridine rings is 1. The van der Waals surface area contributed by atoms with Crippen LogP contribution in [-0.4, -0.2) is 16.1 Å². The molecule has 104 valence electrons. The van der Waals surface area contributed by atoms with Crippen molar-refractivity contribution < 1.29 is 9.90 Å². The molecule has 0 fully saturated rings. The van der Waals surface area contributed by atoms with Crippen molar-refractivity contribution in [2.45, 2.75) is 26.2 Å². The molecule has 0 saturated carbocycles. The summed E-state index contributed by atoms with van der Waals surface area (Å²) in [6.07, 6.45) is 5.48. The minimum Gasteiger partial charge on any atom is -0.481 e. The Morgan fingerprint density at radius 2 is 1.95 bits per heavy atom. The van der Waals surface area contributed by atoms with Crippen molar-refractivity contribution >= 4 is 5.97 Å². The maximum Gasteiger partial charge on any atom is 0.306 e. The second-order valence-electron chi connectivity index (χ2n) is 5.12. The summed E-state index contributed by atoms with van der Waals surface area (Å²) in [5, 5.41) is 9.37. The molecule has 0 aliphatic heterocycles. The van der Waals surface area contributed by atoms with Crippen molar-refractivity contribution in [2.75, 3.05) is 0 Å². The van der Waals surface area contributed by atoms with Crippen molar-refractivity contribution in [3.63, 3.8) is 0 Å². The predicted octanol–water partition coefficient (Wildman–Crippen LogP) is 3.27. The fraction of sp³-hybridized carbons (Fsp3) is 0.294. The van der Waals surface area contributed by atoms with E-state index in [0.29, 0.717) is 12.8 Å². The Bertz CT molecular complexity index is 566. The summed E-state index contributed by atoms with van der Waals surface area (Å²) in [7, 11) is 0. The molecule has 0 bridgehead atoms. The Labute approximate surface area is 119 Å². The smallest absolute Gasteiger partial charge is 0.306 e. The molecule has 2 aromatic rings. The number of carboxylic acids is 1. The van der Waals surface area contributed by atoms with Crippen LogP contribution in [0.25, 0.3) is 0 Å². The number of carbonyl (C=O) groups is 1. The van der Waals surface area contributed by atoms with Crippen LogP contribution in [0.4, 0.5) is 0 Å². The standard InChI is InChI=1S/C17H19NO2/c1-13-3-2-4-15(11-13)12-16(17(19)20)6-5-14-7-9-18-10-8-14/h2-4,7-11,16H,5-6,12H2,1H3,(H,19,20). The van der Waals surface area contributed by atoms with Gasteiger partial charge in [0.1, 0.15) is 0 Å². The predicted molar refractivity (Wildman–Crippen MR) is 78.6 cm³/mol. The van der Waals surface area contributed by atoms with E-state index in [1.54, 1.807) is 12.4 Å². The normalized spacial score (nSPS) is 12.1. The highest BCUT2D eigenvalue weighted by molar-refractivity contribution is 5.70. The molecule has 20 heavy (non-hydrogen) atoms. The third kappa shape index (κ3) is 4.19. The number of benzene rings is 1. The summed E-state index contributed by atoms with van der Waals surface area (Å²) in [6, 6.07) is 11.9. The minimum absolute atomic E-state index is 0.343. The van der Waals surface area contributed by atoms with Crippen molar-refractivity contribution in [2.24, 2.45) is 5.92 Å². The zero-order valence-corrected chi connectivity index (χ0v) is 11.6. The van der Waals surface area contributed by atoms with Crippen molar-refractivity contribution in [1.82, 2.24) is 4.98 Å². The molecule has 0 radical (unpaired) electrons. The maximum atomic E-state index is 11.4. The van der Waals surface area contributed by atoms with Gasteiger partial charge in [0.05, 0.1) is 5.92 Å². The molecule has 2 rings (SSSR count). The average molecular weight is 269 g/mol. The van der Waals surface area contributed by atoms with Crippen LogP contribution in [-0.2, 0) is 17.6 Å². The van der Waals surface area contributed by atoms with Crippen molar-refractivity contribution in [3.8, 4) is 0 Å². The third-order valence-corrected chi connectivity index (χ3v) is 3.44. The van der Waals surface area contributed by atoms with Crippen LogP contribution in [0.2, 0.25) is 0 Å². The van der Waals surface area contributed by atoms with E-state index >= 15 is 0 Å². The van der Waals surface area contributed by atoms with Gasteiger partial charge in [0, 0.05) is 12.4 Å². The summed E-state index contributed by atoms with van der Waals surface area (Å²) < 4.78 is 0. The number of nitrogens with zero attached hydrogens (tertiary/aromatic N) is 1. The Morgan fingerprint density at radius 3 is 2.60 bits per heavy atom. The Hall–Kier alpha value is -2.16. The van der Waals surface area contributed by atoms with Gasteiger partial charge >= 0.3 is 5.97 Å². The molecular weight excluding hydrogens is 250 g/mol. The lowest BCUT2D eigenvalue weighted by Gasteiger charge is -2.12. The summed E-state index contributed by atoms with van der Waals surface area (Å²) in [5.41, 5.74) is 3.39. The van der Waals surface area contributed by atoms with Gasteiger partial charge in [-0.25, -0.2) is 0 Å². The molecule has 0 aliphatic rings. The van der Waals surface area contributed by atoms with Gasteiger partial charge in [-0.2, -0.15) is 0 Å². The summed E-state index contributed by atoms with van der Waals surface area (Å²) >= 11 is 0. The van der Waals surface area contributed by atoms with Crippen LogP contribution in [0.15, 0.2) is 48.8 Å². The molecule has 1 atom stereocenters. The maximum absolute atomic E-state index is 11.4. The van der Waals surface area contributed by atoms with Crippen LogP contribution in [0.3, 0.4) is 0 Å². The molecule has 0 amide bonds. The second-order valence-corrected chi connectivity index (χ2v) is 5.12. The highest BCUT2D eigenvalue weighted by Crippen LogP contribution is 2.16. The van der Waals surface area contributed by atoms with Crippen LogP contribution in [0.5, 0.6) is 0 Å². The van der Waals surface area contributed by atoms with E-state index in [-0.39, 0.29) is 5.92 Å². The number of carboxylic acid groups (broad SMARTS) is 1. The molecule has 3 heteroatoms. The first-order valence-electron chi connectivity index (χ1n) is 6.82. The van der Waals surface area contributed by atoms with Gasteiger partial charge in [0.15, 0.2) is 0 Å².